The Kier molecular flexibility index (Phi) is 2.94. The molecule has 2 N–H and O–H groups in total. The number of benzene rings is 1. The maximum atomic E-state index is 11.3. The maximum Gasteiger partial charge on any atom is 0.316 e. The highest BCUT2D eigenvalue weighted by Crippen LogP contribution is 2.34. The van der Waals surface area contributed by atoms with Crippen LogP contribution in [-0.4, -0.2) is 19.9 Å². The number of hydrogen-bond acceptors (Lipinski definition) is 6. The van der Waals surface area contributed by atoms with Crippen LogP contribution in [0.15, 0.2) is 36.7 Å². The number of nitro groups is 1. The Morgan fingerprint density at radius 2 is 2.05 bits per heavy atom. The van der Waals surface area contributed by atoms with Crippen molar-refractivity contribution >= 4 is 22.4 Å². The highest BCUT2D eigenvalue weighted by atomic mass is 16.6. The zero-order valence-electron chi connectivity index (χ0n) is 11.1. The molecule has 0 unspecified atom stereocenters. The Morgan fingerprint density at radius 1 is 1.24 bits per heavy atom. The molecule has 0 radical (unpaired) electrons. The molecule has 7 heteroatoms. The van der Waals surface area contributed by atoms with Crippen molar-refractivity contribution in [1.29, 1.82) is 0 Å². The average Bonchev–Trinajstić information content (AvgIpc) is 2.45. The Labute approximate surface area is 119 Å². The van der Waals surface area contributed by atoms with Gasteiger partial charge in [-0.1, -0.05) is 18.2 Å². The molecule has 2 aromatic heterocycles. The summed E-state index contributed by atoms with van der Waals surface area (Å²) < 4.78 is 0. The number of aryl methyl sites for hydroxylation is 1. The predicted molar refractivity (Wildman–Crippen MR) is 78.6 cm³/mol. The molecule has 0 bridgehead atoms. The number of anilines is 1. The second-order valence-corrected chi connectivity index (χ2v) is 4.52. The van der Waals surface area contributed by atoms with E-state index in [0.29, 0.717) is 5.56 Å². The SMILES string of the molecule is Cc1nc(N)nc(-c2cccc3ccncc23)c1[N+](=O)[O-]. The number of nitrogen functional groups attached to an aromatic ring is 1. The number of pyridine rings is 1. The summed E-state index contributed by atoms with van der Waals surface area (Å²) >= 11 is 0. The second-order valence-electron chi connectivity index (χ2n) is 4.52. The predicted octanol–water partition coefficient (Wildman–Crippen LogP) is 2.49. The third kappa shape index (κ3) is 2.14. The van der Waals surface area contributed by atoms with Crippen LogP contribution in [-0.2, 0) is 0 Å². The van der Waals surface area contributed by atoms with E-state index in [4.69, 9.17) is 5.73 Å². The molecule has 3 rings (SSSR count). The monoisotopic (exact) mass is 281 g/mol. The lowest BCUT2D eigenvalue weighted by atomic mass is 10.0. The van der Waals surface area contributed by atoms with Crippen LogP contribution in [0.5, 0.6) is 0 Å². The van der Waals surface area contributed by atoms with Crippen molar-refractivity contribution in [2.45, 2.75) is 6.92 Å². The van der Waals surface area contributed by atoms with Crippen molar-refractivity contribution in [1.82, 2.24) is 15.0 Å². The van der Waals surface area contributed by atoms with Gasteiger partial charge in [-0.3, -0.25) is 15.1 Å². The van der Waals surface area contributed by atoms with E-state index in [1.165, 1.54) is 0 Å². The third-order valence-electron chi connectivity index (χ3n) is 3.20. The lowest BCUT2D eigenvalue weighted by Gasteiger charge is -2.08. The van der Waals surface area contributed by atoms with Gasteiger partial charge in [-0.25, -0.2) is 9.97 Å². The van der Waals surface area contributed by atoms with Gasteiger partial charge in [-0.05, 0) is 18.4 Å². The van der Waals surface area contributed by atoms with E-state index in [-0.39, 0.29) is 23.0 Å². The fourth-order valence-corrected chi connectivity index (χ4v) is 2.31. The number of nitrogens with zero attached hydrogens (tertiary/aromatic N) is 4. The highest BCUT2D eigenvalue weighted by molar-refractivity contribution is 5.97. The Balaban J connectivity index is 2.41. The van der Waals surface area contributed by atoms with Crippen LogP contribution < -0.4 is 5.73 Å². The summed E-state index contributed by atoms with van der Waals surface area (Å²) in [7, 11) is 0. The summed E-state index contributed by atoms with van der Waals surface area (Å²) in [5.41, 5.74) is 6.58. The summed E-state index contributed by atoms with van der Waals surface area (Å²) in [4.78, 5) is 22.9. The van der Waals surface area contributed by atoms with Crippen LogP contribution in [0.1, 0.15) is 5.69 Å². The minimum atomic E-state index is -0.487. The largest absolute Gasteiger partial charge is 0.368 e. The van der Waals surface area contributed by atoms with Crippen LogP contribution >= 0.6 is 0 Å². The third-order valence-corrected chi connectivity index (χ3v) is 3.20. The van der Waals surface area contributed by atoms with Crippen molar-refractivity contribution in [3.63, 3.8) is 0 Å². The average molecular weight is 281 g/mol. The van der Waals surface area contributed by atoms with Gasteiger partial charge >= 0.3 is 5.69 Å². The van der Waals surface area contributed by atoms with Gasteiger partial charge < -0.3 is 5.73 Å². The van der Waals surface area contributed by atoms with Crippen LogP contribution in [0, 0.1) is 17.0 Å². The summed E-state index contributed by atoms with van der Waals surface area (Å²) in [6.07, 6.45) is 3.32. The highest BCUT2D eigenvalue weighted by Gasteiger charge is 2.23. The topological polar surface area (TPSA) is 108 Å². The number of hydrogen-bond donors (Lipinski definition) is 1. The van der Waals surface area contributed by atoms with Gasteiger partial charge in [0.1, 0.15) is 5.69 Å². The van der Waals surface area contributed by atoms with Crippen molar-refractivity contribution in [3.05, 3.63) is 52.5 Å². The molecule has 104 valence electrons. The molecular formula is C14H11N5O2. The molecular weight excluding hydrogens is 270 g/mol. The molecule has 0 spiro atoms. The molecule has 3 aromatic rings. The zero-order chi connectivity index (χ0) is 15.0. The lowest BCUT2D eigenvalue weighted by molar-refractivity contribution is -0.385. The summed E-state index contributed by atoms with van der Waals surface area (Å²) in [5, 5.41) is 13.0. The van der Waals surface area contributed by atoms with Gasteiger partial charge in [0.05, 0.1) is 4.92 Å². The van der Waals surface area contributed by atoms with Gasteiger partial charge in [0, 0.05) is 23.3 Å². The molecule has 0 fully saturated rings. The Morgan fingerprint density at radius 3 is 2.81 bits per heavy atom. The van der Waals surface area contributed by atoms with E-state index < -0.39 is 4.92 Å². The molecule has 7 nitrogen and oxygen atoms in total. The minimum absolute atomic E-state index is 0.00833. The van der Waals surface area contributed by atoms with E-state index in [1.807, 2.05) is 18.2 Å². The van der Waals surface area contributed by atoms with Crippen LogP contribution in [0.25, 0.3) is 22.0 Å². The Hall–Kier alpha value is -3.09. The first kappa shape index (κ1) is 12.9. The summed E-state index contributed by atoms with van der Waals surface area (Å²) in [5.74, 6) is 0.00833. The fourth-order valence-electron chi connectivity index (χ4n) is 2.31. The summed E-state index contributed by atoms with van der Waals surface area (Å²) in [6.45, 7) is 1.54. The smallest absolute Gasteiger partial charge is 0.316 e. The van der Waals surface area contributed by atoms with Crippen molar-refractivity contribution in [2.75, 3.05) is 5.73 Å². The van der Waals surface area contributed by atoms with Gasteiger partial charge in [0.2, 0.25) is 5.95 Å². The van der Waals surface area contributed by atoms with Gasteiger partial charge in [-0.2, -0.15) is 0 Å². The lowest BCUT2D eigenvalue weighted by Crippen LogP contribution is -2.05. The number of rotatable bonds is 2. The molecule has 2 heterocycles. The van der Waals surface area contributed by atoms with Crippen LogP contribution in [0.2, 0.25) is 0 Å². The first-order valence-electron chi connectivity index (χ1n) is 6.19. The van der Waals surface area contributed by atoms with Crippen molar-refractivity contribution in [2.24, 2.45) is 0 Å². The van der Waals surface area contributed by atoms with Crippen molar-refractivity contribution in [3.8, 4) is 11.3 Å². The molecule has 0 aliphatic rings. The van der Waals surface area contributed by atoms with E-state index in [1.54, 1.807) is 25.4 Å². The second kappa shape index (κ2) is 4.78. The number of nitrogens with two attached hydrogens (primary N) is 1. The normalized spacial score (nSPS) is 10.7. The molecule has 0 saturated carbocycles. The quantitative estimate of drug-likeness (QED) is 0.571. The molecule has 0 atom stereocenters. The van der Waals surface area contributed by atoms with Gasteiger partial charge in [0.25, 0.3) is 0 Å². The van der Waals surface area contributed by atoms with Gasteiger partial charge in [0.15, 0.2) is 5.69 Å². The Bertz CT molecular complexity index is 858. The maximum absolute atomic E-state index is 11.3. The van der Waals surface area contributed by atoms with E-state index in [9.17, 15) is 10.1 Å². The van der Waals surface area contributed by atoms with Crippen LogP contribution in [0.3, 0.4) is 0 Å². The molecule has 0 amide bonds. The van der Waals surface area contributed by atoms with Crippen molar-refractivity contribution < 1.29 is 4.92 Å². The first-order valence-corrected chi connectivity index (χ1v) is 6.19. The van der Waals surface area contributed by atoms with Gasteiger partial charge in [-0.15, -0.1) is 0 Å². The van der Waals surface area contributed by atoms with E-state index >= 15 is 0 Å². The molecule has 1 aromatic carbocycles. The summed E-state index contributed by atoms with van der Waals surface area (Å²) in [6, 6.07) is 7.32. The molecule has 21 heavy (non-hydrogen) atoms. The van der Waals surface area contributed by atoms with E-state index in [0.717, 1.165) is 10.8 Å². The van der Waals surface area contributed by atoms with Crippen LogP contribution in [0.4, 0.5) is 11.6 Å². The van der Waals surface area contributed by atoms with E-state index in [2.05, 4.69) is 15.0 Å². The molecule has 0 aliphatic carbocycles. The fraction of sp³-hybridized carbons (Fsp3) is 0.0714. The standard InChI is InChI=1S/C14H11N5O2/c1-8-13(19(20)21)12(18-14(15)17-8)10-4-2-3-9-5-6-16-7-11(9)10/h2-7H,1H3,(H2,15,17,18). The minimum Gasteiger partial charge on any atom is -0.368 e. The number of aromatic nitrogens is 3. The number of fused-ring (bicyclic) bond motifs is 1. The first-order chi connectivity index (χ1) is 10.1. The zero-order valence-corrected chi connectivity index (χ0v) is 11.1. The molecule has 0 aliphatic heterocycles. The molecule has 0 saturated heterocycles.